The van der Waals surface area contributed by atoms with E-state index < -0.39 is 0 Å². The molecule has 1 aliphatic rings. The highest BCUT2D eigenvalue weighted by atomic mass is 16.5. The SMILES string of the molecule is C/C(=N\O)c1cccc(OCC(=O)NC2CCCCC2)c1. The van der Waals surface area contributed by atoms with Gasteiger partial charge in [-0.2, -0.15) is 0 Å². The van der Waals surface area contributed by atoms with E-state index in [-0.39, 0.29) is 12.5 Å². The lowest BCUT2D eigenvalue weighted by Crippen LogP contribution is -2.38. The minimum Gasteiger partial charge on any atom is -0.484 e. The van der Waals surface area contributed by atoms with E-state index >= 15 is 0 Å². The second-order valence-corrected chi connectivity index (χ2v) is 5.40. The highest BCUT2D eigenvalue weighted by Crippen LogP contribution is 2.17. The van der Waals surface area contributed by atoms with Gasteiger partial charge in [0.2, 0.25) is 0 Å². The Morgan fingerprint density at radius 1 is 1.38 bits per heavy atom. The van der Waals surface area contributed by atoms with Gasteiger partial charge in [0.1, 0.15) is 5.75 Å². The average Bonchev–Trinajstić information content (AvgIpc) is 2.53. The van der Waals surface area contributed by atoms with Crippen molar-refractivity contribution in [3.63, 3.8) is 0 Å². The Balaban J connectivity index is 1.83. The molecule has 0 bridgehead atoms. The molecule has 1 aromatic rings. The van der Waals surface area contributed by atoms with Crippen molar-refractivity contribution < 1.29 is 14.7 Å². The molecule has 21 heavy (non-hydrogen) atoms. The first-order chi connectivity index (χ1) is 10.2. The fourth-order valence-corrected chi connectivity index (χ4v) is 2.53. The topological polar surface area (TPSA) is 70.9 Å². The van der Waals surface area contributed by atoms with E-state index in [4.69, 9.17) is 9.94 Å². The summed E-state index contributed by atoms with van der Waals surface area (Å²) >= 11 is 0. The monoisotopic (exact) mass is 290 g/mol. The number of ether oxygens (including phenoxy) is 1. The molecule has 2 N–H and O–H groups in total. The van der Waals surface area contributed by atoms with Gasteiger partial charge in [-0.15, -0.1) is 0 Å². The maximum absolute atomic E-state index is 11.9. The minimum atomic E-state index is -0.0835. The number of nitrogens with zero attached hydrogens (tertiary/aromatic N) is 1. The van der Waals surface area contributed by atoms with E-state index in [2.05, 4.69) is 10.5 Å². The van der Waals surface area contributed by atoms with E-state index in [1.165, 1.54) is 19.3 Å². The van der Waals surface area contributed by atoms with E-state index in [0.717, 1.165) is 18.4 Å². The Morgan fingerprint density at radius 3 is 2.86 bits per heavy atom. The molecule has 1 fully saturated rings. The number of carbonyl (C=O) groups is 1. The molecule has 5 nitrogen and oxygen atoms in total. The van der Waals surface area contributed by atoms with Crippen molar-refractivity contribution in [3.05, 3.63) is 29.8 Å². The van der Waals surface area contributed by atoms with Gasteiger partial charge in [0.05, 0.1) is 5.71 Å². The van der Waals surface area contributed by atoms with Crippen molar-refractivity contribution in [1.82, 2.24) is 5.32 Å². The van der Waals surface area contributed by atoms with Crippen LogP contribution in [0.3, 0.4) is 0 Å². The maximum atomic E-state index is 11.9. The van der Waals surface area contributed by atoms with E-state index in [1.807, 2.05) is 6.07 Å². The number of benzene rings is 1. The summed E-state index contributed by atoms with van der Waals surface area (Å²) in [5, 5.41) is 14.9. The van der Waals surface area contributed by atoms with E-state index in [9.17, 15) is 4.79 Å². The number of amides is 1. The van der Waals surface area contributed by atoms with Crippen molar-refractivity contribution in [1.29, 1.82) is 0 Å². The van der Waals surface area contributed by atoms with Gasteiger partial charge in [0, 0.05) is 11.6 Å². The molecule has 114 valence electrons. The summed E-state index contributed by atoms with van der Waals surface area (Å²) in [5.74, 6) is 0.508. The molecule has 1 aromatic carbocycles. The number of hydrogen-bond donors (Lipinski definition) is 2. The van der Waals surface area contributed by atoms with E-state index in [1.54, 1.807) is 25.1 Å². The van der Waals surface area contributed by atoms with Gasteiger partial charge in [-0.05, 0) is 31.9 Å². The molecule has 0 aliphatic heterocycles. The molecule has 2 rings (SSSR count). The van der Waals surface area contributed by atoms with Crippen LogP contribution in [0.15, 0.2) is 29.4 Å². The van der Waals surface area contributed by atoms with E-state index in [0.29, 0.717) is 17.5 Å². The Hall–Kier alpha value is -2.04. The second kappa shape index (κ2) is 7.67. The standard InChI is InChI=1S/C16H22N2O3/c1-12(18-20)13-6-5-9-15(10-13)21-11-16(19)17-14-7-3-2-4-8-14/h5-6,9-10,14,20H,2-4,7-8,11H2,1H3,(H,17,19)/b18-12+. The number of oxime groups is 1. The van der Waals surface area contributed by atoms with Crippen LogP contribution in [0.5, 0.6) is 5.75 Å². The third kappa shape index (κ3) is 4.77. The summed E-state index contributed by atoms with van der Waals surface area (Å²) in [6, 6.07) is 7.46. The van der Waals surface area contributed by atoms with Crippen molar-refractivity contribution in [2.75, 3.05) is 6.61 Å². The first-order valence-corrected chi connectivity index (χ1v) is 7.40. The molecular weight excluding hydrogens is 268 g/mol. The summed E-state index contributed by atoms with van der Waals surface area (Å²) in [6.45, 7) is 1.71. The second-order valence-electron chi connectivity index (χ2n) is 5.40. The summed E-state index contributed by atoms with van der Waals surface area (Å²) in [7, 11) is 0. The molecule has 1 amide bonds. The van der Waals surface area contributed by atoms with Crippen LogP contribution in [-0.4, -0.2) is 29.5 Å². The van der Waals surface area contributed by atoms with Crippen LogP contribution < -0.4 is 10.1 Å². The van der Waals surface area contributed by atoms with Gasteiger partial charge in [-0.3, -0.25) is 4.79 Å². The number of rotatable bonds is 5. The summed E-state index contributed by atoms with van der Waals surface area (Å²) < 4.78 is 5.50. The third-order valence-corrected chi connectivity index (χ3v) is 3.74. The molecule has 1 aliphatic carbocycles. The normalized spacial score (nSPS) is 16.5. The molecule has 0 aromatic heterocycles. The first kappa shape index (κ1) is 15.4. The van der Waals surface area contributed by atoms with Crippen LogP contribution in [0.2, 0.25) is 0 Å². The molecule has 1 saturated carbocycles. The zero-order valence-corrected chi connectivity index (χ0v) is 12.3. The van der Waals surface area contributed by atoms with Gasteiger partial charge in [-0.1, -0.05) is 36.6 Å². The smallest absolute Gasteiger partial charge is 0.258 e. The predicted octanol–water partition coefficient (Wildman–Crippen LogP) is 2.71. The lowest BCUT2D eigenvalue weighted by atomic mass is 9.95. The Labute approximate surface area is 125 Å². The van der Waals surface area contributed by atoms with Crippen molar-refractivity contribution in [3.8, 4) is 5.75 Å². The van der Waals surface area contributed by atoms with Crippen molar-refractivity contribution >= 4 is 11.6 Å². The molecule has 0 atom stereocenters. The largest absolute Gasteiger partial charge is 0.484 e. The molecular formula is C16H22N2O3. The van der Waals surface area contributed by atoms with Gasteiger partial charge in [-0.25, -0.2) is 0 Å². The molecule has 0 spiro atoms. The minimum absolute atomic E-state index is 0.00920. The molecule has 0 unspecified atom stereocenters. The van der Waals surface area contributed by atoms with Crippen LogP contribution in [0, 0.1) is 0 Å². The van der Waals surface area contributed by atoms with Crippen LogP contribution in [-0.2, 0) is 4.79 Å². The lowest BCUT2D eigenvalue weighted by Gasteiger charge is -2.22. The van der Waals surface area contributed by atoms with Gasteiger partial charge in [0.15, 0.2) is 6.61 Å². The fraction of sp³-hybridized carbons (Fsp3) is 0.500. The molecule has 0 saturated heterocycles. The fourth-order valence-electron chi connectivity index (χ4n) is 2.53. The highest BCUT2D eigenvalue weighted by molar-refractivity contribution is 5.98. The average molecular weight is 290 g/mol. The van der Waals surface area contributed by atoms with Crippen LogP contribution in [0.4, 0.5) is 0 Å². The predicted molar refractivity (Wildman–Crippen MR) is 81.0 cm³/mol. The summed E-state index contributed by atoms with van der Waals surface area (Å²) in [5.41, 5.74) is 1.27. The van der Waals surface area contributed by atoms with Crippen LogP contribution in [0.1, 0.15) is 44.6 Å². The van der Waals surface area contributed by atoms with Gasteiger partial charge in [0.25, 0.3) is 5.91 Å². The van der Waals surface area contributed by atoms with Crippen LogP contribution in [0.25, 0.3) is 0 Å². The van der Waals surface area contributed by atoms with Gasteiger partial charge >= 0.3 is 0 Å². The summed E-state index contributed by atoms with van der Waals surface area (Å²) in [4.78, 5) is 11.9. The highest BCUT2D eigenvalue weighted by Gasteiger charge is 2.15. The van der Waals surface area contributed by atoms with Crippen molar-refractivity contribution in [2.45, 2.75) is 45.1 Å². The zero-order chi connectivity index (χ0) is 15.1. The number of carbonyl (C=O) groups excluding carboxylic acids is 1. The Morgan fingerprint density at radius 2 is 2.14 bits per heavy atom. The zero-order valence-electron chi connectivity index (χ0n) is 12.3. The first-order valence-electron chi connectivity index (χ1n) is 7.40. The maximum Gasteiger partial charge on any atom is 0.258 e. The molecule has 0 radical (unpaired) electrons. The Bertz CT molecular complexity index is 508. The summed E-state index contributed by atoms with van der Waals surface area (Å²) in [6.07, 6.45) is 5.77. The quantitative estimate of drug-likeness (QED) is 0.497. The van der Waals surface area contributed by atoms with Crippen molar-refractivity contribution in [2.24, 2.45) is 5.16 Å². The third-order valence-electron chi connectivity index (χ3n) is 3.74. The van der Waals surface area contributed by atoms with Crippen LogP contribution >= 0.6 is 0 Å². The number of nitrogens with one attached hydrogen (secondary N) is 1. The van der Waals surface area contributed by atoms with Gasteiger partial charge < -0.3 is 15.3 Å². The molecule has 5 heteroatoms. The lowest BCUT2D eigenvalue weighted by molar-refractivity contribution is -0.124. The Kier molecular flexibility index (Phi) is 5.60. The molecule has 0 heterocycles. The number of hydrogen-bond acceptors (Lipinski definition) is 4.